The molecule has 6 heteroatoms. The topological polar surface area (TPSA) is 66.5 Å². The van der Waals surface area contributed by atoms with Gasteiger partial charge < -0.3 is 5.32 Å². The van der Waals surface area contributed by atoms with Crippen molar-refractivity contribution in [3.05, 3.63) is 64.2 Å². The lowest BCUT2D eigenvalue weighted by Crippen LogP contribution is -2.49. The molecule has 0 spiro atoms. The van der Waals surface area contributed by atoms with Crippen LogP contribution < -0.4 is 9.62 Å². The standard InChI is InChI=1S/C23H32N2O3S/c1-8-22(23(26)24-19(6)21-10-9-15(2)12-18(21)5)25(29(7,27)28)20-13-16(3)11-17(4)14-20/h9-14,19,22H,8H2,1-7H3,(H,24,26)/t19-,22+/m0/s1. The predicted octanol–water partition coefficient (Wildman–Crippen LogP) is 4.34. The lowest BCUT2D eigenvalue weighted by Gasteiger charge is -2.31. The molecule has 2 rings (SSSR count). The monoisotopic (exact) mass is 416 g/mol. The van der Waals surface area contributed by atoms with Crippen LogP contribution in [0.5, 0.6) is 0 Å². The smallest absolute Gasteiger partial charge is 0.244 e. The Kier molecular flexibility index (Phi) is 7.11. The normalized spacial score (nSPS) is 13.6. The molecule has 29 heavy (non-hydrogen) atoms. The third-order valence-electron chi connectivity index (χ3n) is 5.04. The van der Waals surface area contributed by atoms with Crippen molar-refractivity contribution in [2.75, 3.05) is 10.6 Å². The van der Waals surface area contributed by atoms with Crippen LogP contribution in [0.4, 0.5) is 5.69 Å². The van der Waals surface area contributed by atoms with Gasteiger partial charge in [0.15, 0.2) is 0 Å². The van der Waals surface area contributed by atoms with E-state index in [2.05, 4.69) is 11.4 Å². The molecule has 0 saturated heterocycles. The highest BCUT2D eigenvalue weighted by molar-refractivity contribution is 7.92. The van der Waals surface area contributed by atoms with Gasteiger partial charge in [-0.15, -0.1) is 0 Å². The van der Waals surface area contributed by atoms with Crippen LogP contribution in [-0.2, 0) is 14.8 Å². The molecule has 5 nitrogen and oxygen atoms in total. The van der Waals surface area contributed by atoms with E-state index in [1.165, 1.54) is 4.31 Å². The molecule has 0 heterocycles. The maximum Gasteiger partial charge on any atom is 0.244 e. The van der Waals surface area contributed by atoms with Gasteiger partial charge in [-0.05, 0) is 75.4 Å². The molecule has 0 aliphatic rings. The average molecular weight is 417 g/mol. The van der Waals surface area contributed by atoms with Gasteiger partial charge in [-0.3, -0.25) is 9.10 Å². The van der Waals surface area contributed by atoms with E-state index < -0.39 is 16.1 Å². The van der Waals surface area contributed by atoms with E-state index >= 15 is 0 Å². The molecule has 0 bridgehead atoms. The van der Waals surface area contributed by atoms with Crippen LogP contribution in [0.1, 0.15) is 54.1 Å². The van der Waals surface area contributed by atoms with Crippen molar-refractivity contribution < 1.29 is 13.2 Å². The first kappa shape index (κ1) is 22.9. The number of anilines is 1. The summed E-state index contributed by atoms with van der Waals surface area (Å²) in [5.41, 5.74) is 5.71. The Balaban J connectivity index is 2.38. The summed E-state index contributed by atoms with van der Waals surface area (Å²) in [5, 5.41) is 3.01. The highest BCUT2D eigenvalue weighted by Crippen LogP contribution is 2.26. The number of hydrogen-bond donors (Lipinski definition) is 1. The van der Waals surface area contributed by atoms with Crippen molar-refractivity contribution in [2.24, 2.45) is 0 Å². The summed E-state index contributed by atoms with van der Waals surface area (Å²) >= 11 is 0. The molecular formula is C23H32N2O3S. The summed E-state index contributed by atoms with van der Waals surface area (Å²) < 4.78 is 26.6. The number of nitrogens with zero attached hydrogens (tertiary/aromatic N) is 1. The molecule has 1 N–H and O–H groups in total. The summed E-state index contributed by atoms with van der Waals surface area (Å²) in [5.74, 6) is -0.301. The maximum atomic E-state index is 13.2. The van der Waals surface area contributed by atoms with Crippen LogP contribution in [0.25, 0.3) is 0 Å². The van der Waals surface area contributed by atoms with Crippen LogP contribution >= 0.6 is 0 Å². The van der Waals surface area contributed by atoms with Crippen LogP contribution in [0.15, 0.2) is 36.4 Å². The first-order valence-corrected chi connectivity index (χ1v) is 11.7. The van der Waals surface area contributed by atoms with Gasteiger partial charge in [0.1, 0.15) is 6.04 Å². The Morgan fingerprint density at radius 3 is 2.07 bits per heavy atom. The first-order chi connectivity index (χ1) is 13.4. The van der Waals surface area contributed by atoms with Crippen LogP contribution in [-0.4, -0.2) is 26.6 Å². The van der Waals surface area contributed by atoms with Crippen LogP contribution in [0, 0.1) is 27.7 Å². The molecule has 158 valence electrons. The average Bonchev–Trinajstić information content (AvgIpc) is 2.56. The number of amides is 1. The number of sulfonamides is 1. The molecule has 0 aliphatic carbocycles. The number of benzene rings is 2. The molecule has 0 aromatic heterocycles. The minimum atomic E-state index is -3.65. The van der Waals surface area contributed by atoms with Crippen molar-refractivity contribution in [1.82, 2.24) is 5.32 Å². The fourth-order valence-corrected chi connectivity index (χ4v) is 5.03. The van der Waals surface area contributed by atoms with Crippen molar-refractivity contribution in [3.63, 3.8) is 0 Å². The molecule has 0 radical (unpaired) electrons. The molecular weight excluding hydrogens is 384 g/mol. The summed E-state index contributed by atoms with van der Waals surface area (Å²) in [6.07, 6.45) is 1.51. The summed E-state index contributed by atoms with van der Waals surface area (Å²) in [6, 6.07) is 10.6. The maximum absolute atomic E-state index is 13.2. The zero-order valence-corrected chi connectivity index (χ0v) is 19.2. The number of hydrogen-bond acceptors (Lipinski definition) is 3. The van der Waals surface area contributed by atoms with E-state index in [-0.39, 0.29) is 11.9 Å². The van der Waals surface area contributed by atoms with Gasteiger partial charge >= 0.3 is 0 Å². The Labute approximate surface area is 175 Å². The van der Waals surface area contributed by atoms with Gasteiger partial charge in [0, 0.05) is 0 Å². The molecule has 2 aromatic carbocycles. The third-order valence-corrected chi connectivity index (χ3v) is 6.22. The second kappa shape index (κ2) is 8.99. The van der Waals surface area contributed by atoms with Gasteiger partial charge in [-0.1, -0.05) is 36.8 Å². The van der Waals surface area contributed by atoms with Crippen molar-refractivity contribution in [1.29, 1.82) is 0 Å². The van der Waals surface area contributed by atoms with Crippen molar-refractivity contribution in [3.8, 4) is 0 Å². The lowest BCUT2D eigenvalue weighted by atomic mass is 10.00. The quantitative estimate of drug-likeness (QED) is 0.730. The Morgan fingerprint density at radius 1 is 1.00 bits per heavy atom. The SMILES string of the molecule is CC[C@H](C(=O)N[C@@H](C)c1ccc(C)cc1C)N(c1cc(C)cc(C)c1)S(C)(=O)=O. The van der Waals surface area contributed by atoms with Crippen molar-refractivity contribution in [2.45, 2.75) is 60.0 Å². The Bertz CT molecular complexity index is 979. The van der Waals surface area contributed by atoms with E-state index in [0.29, 0.717) is 12.1 Å². The summed E-state index contributed by atoms with van der Waals surface area (Å²) in [6.45, 7) is 11.6. The summed E-state index contributed by atoms with van der Waals surface area (Å²) in [7, 11) is -3.65. The molecule has 0 fully saturated rings. The lowest BCUT2D eigenvalue weighted by molar-refractivity contribution is -0.122. The molecule has 0 saturated carbocycles. The highest BCUT2D eigenvalue weighted by atomic mass is 32.2. The minimum absolute atomic E-state index is 0.224. The van der Waals surface area contributed by atoms with E-state index in [1.807, 2.05) is 59.7 Å². The fraction of sp³-hybridized carbons (Fsp3) is 0.435. The number of nitrogens with one attached hydrogen (secondary N) is 1. The molecule has 2 aromatic rings. The van der Waals surface area contributed by atoms with E-state index in [1.54, 1.807) is 12.1 Å². The number of aryl methyl sites for hydroxylation is 4. The van der Waals surface area contributed by atoms with Gasteiger partial charge in [0.2, 0.25) is 15.9 Å². The van der Waals surface area contributed by atoms with E-state index in [0.717, 1.165) is 34.1 Å². The highest BCUT2D eigenvalue weighted by Gasteiger charge is 2.32. The van der Waals surface area contributed by atoms with E-state index in [4.69, 9.17) is 0 Å². The van der Waals surface area contributed by atoms with Gasteiger partial charge in [-0.2, -0.15) is 0 Å². The van der Waals surface area contributed by atoms with E-state index in [9.17, 15) is 13.2 Å². The van der Waals surface area contributed by atoms with Crippen molar-refractivity contribution >= 4 is 21.6 Å². The predicted molar refractivity (Wildman–Crippen MR) is 120 cm³/mol. The zero-order chi connectivity index (χ0) is 21.9. The molecule has 1 amide bonds. The second-order valence-electron chi connectivity index (χ2n) is 7.92. The summed E-state index contributed by atoms with van der Waals surface area (Å²) in [4.78, 5) is 13.2. The van der Waals surface area contributed by atoms with Crippen LogP contribution in [0.3, 0.4) is 0 Å². The third kappa shape index (κ3) is 5.60. The minimum Gasteiger partial charge on any atom is -0.348 e. The second-order valence-corrected chi connectivity index (χ2v) is 9.78. The Hall–Kier alpha value is -2.34. The Morgan fingerprint density at radius 2 is 1.59 bits per heavy atom. The van der Waals surface area contributed by atoms with Gasteiger partial charge in [0.25, 0.3) is 0 Å². The fourth-order valence-electron chi connectivity index (χ4n) is 3.84. The zero-order valence-electron chi connectivity index (χ0n) is 18.4. The number of carbonyl (C=O) groups is 1. The number of rotatable bonds is 7. The largest absolute Gasteiger partial charge is 0.348 e. The van der Waals surface area contributed by atoms with Gasteiger partial charge in [0.05, 0.1) is 18.0 Å². The van der Waals surface area contributed by atoms with Crippen LogP contribution in [0.2, 0.25) is 0 Å². The molecule has 2 atom stereocenters. The molecule has 0 unspecified atom stereocenters. The first-order valence-electron chi connectivity index (χ1n) is 9.89. The molecule has 0 aliphatic heterocycles. The number of carbonyl (C=O) groups excluding carboxylic acids is 1. The van der Waals surface area contributed by atoms with Gasteiger partial charge in [-0.25, -0.2) is 8.42 Å².